The Labute approximate surface area is 129 Å². The fourth-order valence-corrected chi connectivity index (χ4v) is 3.42. The lowest BCUT2D eigenvalue weighted by molar-refractivity contribution is 0.0595. The summed E-state index contributed by atoms with van der Waals surface area (Å²) in [6.45, 7) is 1.37. The average molecular weight is 348 g/mol. The van der Waals surface area contributed by atoms with Crippen LogP contribution >= 0.6 is 15.9 Å². The van der Waals surface area contributed by atoms with E-state index in [9.17, 15) is 4.79 Å². The summed E-state index contributed by atoms with van der Waals surface area (Å²) < 4.78 is 8.36. The Morgan fingerprint density at radius 3 is 3.14 bits per heavy atom. The molecule has 21 heavy (non-hydrogen) atoms. The monoisotopic (exact) mass is 347 g/mol. The Hall–Kier alpha value is -1.66. The minimum absolute atomic E-state index is 0.0876. The van der Waals surface area contributed by atoms with Gasteiger partial charge in [-0.2, -0.15) is 0 Å². The molecule has 1 saturated heterocycles. The summed E-state index contributed by atoms with van der Waals surface area (Å²) in [6.07, 6.45) is 3.67. The van der Waals surface area contributed by atoms with Crippen molar-refractivity contribution in [2.75, 3.05) is 13.2 Å². The number of H-pyrrole nitrogens is 1. The van der Waals surface area contributed by atoms with Crippen LogP contribution in [-0.2, 0) is 4.74 Å². The Kier molecular flexibility index (Phi) is 3.08. The number of hydrogen-bond donors (Lipinski definition) is 1. The van der Waals surface area contributed by atoms with Crippen LogP contribution < -0.4 is 5.69 Å². The second kappa shape index (κ2) is 4.96. The first-order chi connectivity index (χ1) is 10.2. The van der Waals surface area contributed by atoms with Crippen molar-refractivity contribution < 1.29 is 4.74 Å². The third kappa shape index (κ3) is 2.10. The number of ether oxygens (including phenoxy) is 1. The van der Waals surface area contributed by atoms with E-state index >= 15 is 0 Å². The van der Waals surface area contributed by atoms with Crippen LogP contribution in [0.15, 0.2) is 33.7 Å². The highest BCUT2D eigenvalue weighted by molar-refractivity contribution is 9.10. The molecule has 1 N–H and O–H groups in total. The van der Waals surface area contributed by atoms with Crippen LogP contribution in [0.4, 0.5) is 0 Å². The van der Waals surface area contributed by atoms with Gasteiger partial charge in [0.1, 0.15) is 0 Å². The van der Waals surface area contributed by atoms with Gasteiger partial charge in [-0.3, -0.25) is 9.55 Å². The number of imidazole rings is 1. The molecule has 4 rings (SSSR count). The molecule has 1 aliphatic heterocycles. The summed E-state index contributed by atoms with van der Waals surface area (Å²) in [7, 11) is 0. The molecule has 0 spiro atoms. The topological polar surface area (TPSA) is 59.9 Å². The Balaban J connectivity index is 2.06. The van der Waals surface area contributed by atoms with Gasteiger partial charge in [0, 0.05) is 16.5 Å². The lowest BCUT2D eigenvalue weighted by Gasteiger charge is -2.23. The van der Waals surface area contributed by atoms with Crippen molar-refractivity contribution in [2.24, 2.45) is 0 Å². The molecule has 1 fully saturated rings. The fourth-order valence-electron chi connectivity index (χ4n) is 3.05. The zero-order valence-electron chi connectivity index (χ0n) is 11.3. The number of aromatic amines is 1. The second-order valence-corrected chi connectivity index (χ2v) is 6.27. The van der Waals surface area contributed by atoms with Crippen LogP contribution in [0.1, 0.15) is 18.9 Å². The van der Waals surface area contributed by atoms with Gasteiger partial charge < -0.3 is 9.72 Å². The number of benzene rings is 1. The SMILES string of the molecule is O=c1[nH]c2cnc3ccc(Br)cc3c2n1C1CCCOC1. The maximum Gasteiger partial charge on any atom is 0.326 e. The minimum atomic E-state index is -0.0882. The number of rotatable bonds is 1. The van der Waals surface area contributed by atoms with Crippen LogP contribution in [0.2, 0.25) is 0 Å². The molecule has 0 radical (unpaired) electrons. The molecule has 1 aromatic carbocycles. The van der Waals surface area contributed by atoms with Crippen molar-refractivity contribution in [1.82, 2.24) is 14.5 Å². The highest BCUT2D eigenvalue weighted by Crippen LogP contribution is 2.28. The van der Waals surface area contributed by atoms with E-state index < -0.39 is 0 Å². The molecular formula is C15H14BrN3O2. The largest absolute Gasteiger partial charge is 0.379 e. The molecule has 108 valence electrons. The van der Waals surface area contributed by atoms with E-state index in [1.54, 1.807) is 6.20 Å². The maximum atomic E-state index is 12.4. The van der Waals surface area contributed by atoms with Crippen LogP contribution in [0, 0.1) is 0 Å². The fraction of sp³-hybridized carbons (Fsp3) is 0.333. The van der Waals surface area contributed by atoms with Crippen molar-refractivity contribution in [3.8, 4) is 0 Å². The number of fused-ring (bicyclic) bond motifs is 3. The van der Waals surface area contributed by atoms with Gasteiger partial charge in [-0.05, 0) is 31.0 Å². The first kappa shape index (κ1) is 13.0. The molecule has 3 aromatic rings. The van der Waals surface area contributed by atoms with E-state index in [0.29, 0.717) is 6.61 Å². The standard InChI is InChI=1S/C15H14BrN3O2/c16-9-3-4-12-11(6-9)14-13(7-17-12)18-15(20)19(14)10-2-1-5-21-8-10/h3-4,6-7,10H,1-2,5,8H2,(H,18,20). The second-order valence-electron chi connectivity index (χ2n) is 5.35. The highest BCUT2D eigenvalue weighted by Gasteiger charge is 2.21. The molecule has 5 nitrogen and oxygen atoms in total. The molecule has 2 aromatic heterocycles. The highest BCUT2D eigenvalue weighted by atomic mass is 79.9. The molecule has 1 atom stereocenters. The first-order valence-corrected chi connectivity index (χ1v) is 7.79. The molecule has 6 heteroatoms. The van der Waals surface area contributed by atoms with E-state index in [2.05, 4.69) is 25.9 Å². The summed E-state index contributed by atoms with van der Waals surface area (Å²) in [5, 5.41) is 0.978. The molecule has 1 unspecified atom stereocenters. The predicted octanol–water partition coefficient (Wildman–Crippen LogP) is 2.99. The van der Waals surface area contributed by atoms with Crippen LogP contribution in [-0.4, -0.2) is 27.7 Å². The third-order valence-electron chi connectivity index (χ3n) is 4.00. The van der Waals surface area contributed by atoms with Crippen molar-refractivity contribution in [2.45, 2.75) is 18.9 Å². The smallest absolute Gasteiger partial charge is 0.326 e. The van der Waals surface area contributed by atoms with Gasteiger partial charge in [0.15, 0.2) is 0 Å². The zero-order valence-corrected chi connectivity index (χ0v) is 12.9. The molecule has 0 bridgehead atoms. The van der Waals surface area contributed by atoms with E-state index in [1.807, 2.05) is 22.8 Å². The van der Waals surface area contributed by atoms with Crippen molar-refractivity contribution in [1.29, 1.82) is 0 Å². The Morgan fingerprint density at radius 2 is 2.33 bits per heavy atom. The van der Waals surface area contributed by atoms with Gasteiger partial charge in [-0.1, -0.05) is 15.9 Å². The zero-order chi connectivity index (χ0) is 14.4. The predicted molar refractivity (Wildman–Crippen MR) is 84.6 cm³/mol. The van der Waals surface area contributed by atoms with Crippen molar-refractivity contribution in [3.63, 3.8) is 0 Å². The van der Waals surface area contributed by atoms with Gasteiger partial charge in [0.05, 0.1) is 35.4 Å². The number of halogens is 1. The lowest BCUT2D eigenvalue weighted by atomic mass is 10.1. The number of nitrogens with zero attached hydrogens (tertiary/aromatic N) is 2. The maximum absolute atomic E-state index is 12.4. The Morgan fingerprint density at radius 1 is 1.43 bits per heavy atom. The van der Waals surface area contributed by atoms with Crippen LogP contribution in [0.3, 0.4) is 0 Å². The van der Waals surface area contributed by atoms with Crippen molar-refractivity contribution in [3.05, 3.63) is 39.4 Å². The van der Waals surface area contributed by atoms with E-state index in [4.69, 9.17) is 4.74 Å². The number of aromatic nitrogens is 3. The van der Waals surface area contributed by atoms with Gasteiger partial charge >= 0.3 is 5.69 Å². The minimum Gasteiger partial charge on any atom is -0.379 e. The van der Waals surface area contributed by atoms with Gasteiger partial charge in [-0.15, -0.1) is 0 Å². The first-order valence-electron chi connectivity index (χ1n) is 7.00. The Bertz CT molecular complexity index is 878. The summed E-state index contributed by atoms with van der Waals surface area (Å²) in [5.74, 6) is 0. The molecule has 0 saturated carbocycles. The summed E-state index contributed by atoms with van der Waals surface area (Å²) in [6, 6.07) is 6.01. The van der Waals surface area contributed by atoms with Gasteiger partial charge in [0.2, 0.25) is 0 Å². The number of pyridine rings is 1. The summed E-state index contributed by atoms with van der Waals surface area (Å²) in [4.78, 5) is 19.7. The summed E-state index contributed by atoms with van der Waals surface area (Å²) >= 11 is 3.50. The molecule has 0 amide bonds. The molecule has 1 aliphatic rings. The normalized spacial score (nSPS) is 19.4. The molecule has 3 heterocycles. The molecular weight excluding hydrogens is 334 g/mol. The van der Waals surface area contributed by atoms with Gasteiger partial charge in [0.25, 0.3) is 0 Å². The third-order valence-corrected chi connectivity index (χ3v) is 4.50. The summed E-state index contributed by atoms with van der Waals surface area (Å²) in [5.41, 5.74) is 2.49. The van der Waals surface area contributed by atoms with E-state index in [0.717, 1.165) is 45.9 Å². The van der Waals surface area contributed by atoms with Crippen LogP contribution in [0.5, 0.6) is 0 Å². The average Bonchev–Trinajstić information content (AvgIpc) is 2.84. The van der Waals surface area contributed by atoms with Crippen LogP contribution in [0.25, 0.3) is 21.9 Å². The van der Waals surface area contributed by atoms with E-state index in [1.165, 1.54) is 0 Å². The number of nitrogens with one attached hydrogen (secondary N) is 1. The molecule has 0 aliphatic carbocycles. The van der Waals surface area contributed by atoms with Crippen molar-refractivity contribution >= 4 is 37.9 Å². The lowest BCUT2D eigenvalue weighted by Crippen LogP contribution is -2.28. The number of hydrogen-bond acceptors (Lipinski definition) is 3. The van der Waals surface area contributed by atoms with Gasteiger partial charge in [-0.25, -0.2) is 4.79 Å². The van der Waals surface area contributed by atoms with E-state index in [-0.39, 0.29) is 11.7 Å². The quantitative estimate of drug-likeness (QED) is 0.736.